The van der Waals surface area contributed by atoms with Crippen LogP contribution in [0.1, 0.15) is 50.4 Å². The van der Waals surface area contributed by atoms with Crippen molar-refractivity contribution in [3.05, 3.63) is 53.3 Å². The molecule has 1 aromatic carbocycles. The van der Waals surface area contributed by atoms with E-state index in [4.69, 9.17) is 0 Å². The number of hydrogen-bond donors (Lipinski definition) is 1. The largest absolute Gasteiger partial charge is 0.354 e. The summed E-state index contributed by atoms with van der Waals surface area (Å²) in [6, 6.07) is 10.7. The summed E-state index contributed by atoms with van der Waals surface area (Å²) in [5.74, 6) is 1.86. The molecule has 5 heteroatoms. The van der Waals surface area contributed by atoms with E-state index in [1.165, 1.54) is 10.9 Å². The van der Waals surface area contributed by atoms with Gasteiger partial charge in [0.2, 0.25) is 5.91 Å². The lowest BCUT2D eigenvalue weighted by molar-refractivity contribution is -0.135. The van der Waals surface area contributed by atoms with E-state index < -0.39 is 5.41 Å². The zero-order chi connectivity index (χ0) is 23.5. The third kappa shape index (κ3) is 3.76. The van der Waals surface area contributed by atoms with E-state index in [1.54, 1.807) is 0 Å². The highest BCUT2D eigenvalue weighted by Crippen LogP contribution is 2.39. The third-order valence-corrected chi connectivity index (χ3v) is 7.81. The second-order valence-corrected chi connectivity index (χ2v) is 11.1. The van der Waals surface area contributed by atoms with Crippen LogP contribution in [0.4, 0.5) is 0 Å². The first kappa shape index (κ1) is 22.1. The average molecular weight is 445 g/mol. The number of aromatic amines is 1. The van der Waals surface area contributed by atoms with Crippen molar-refractivity contribution in [2.45, 2.75) is 46.0 Å². The molecule has 1 amide bonds. The monoisotopic (exact) mass is 444 g/mol. The van der Waals surface area contributed by atoms with Crippen LogP contribution in [0, 0.1) is 18.8 Å². The number of pyridine rings is 1. The fourth-order valence-electron chi connectivity index (χ4n) is 6.04. The predicted molar refractivity (Wildman–Crippen MR) is 134 cm³/mol. The van der Waals surface area contributed by atoms with Gasteiger partial charge in [0.25, 0.3) is 0 Å². The molecule has 0 radical (unpaired) electrons. The summed E-state index contributed by atoms with van der Waals surface area (Å²) in [6.07, 6.45) is 1.87. The average Bonchev–Trinajstić information content (AvgIpc) is 3.43. The molecular formula is C28H36N4O. The number of nitrogens with zero attached hydrogens (tertiary/aromatic N) is 3. The molecule has 1 N–H and O–H groups in total. The van der Waals surface area contributed by atoms with Crippen LogP contribution < -0.4 is 0 Å². The first-order valence-corrected chi connectivity index (χ1v) is 12.2. The number of benzene rings is 1. The van der Waals surface area contributed by atoms with Gasteiger partial charge in [-0.15, -0.1) is 0 Å². The van der Waals surface area contributed by atoms with Gasteiger partial charge in [0.15, 0.2) is 0 Å². The van der Waals surface area contributed by atoms with Crippen molar-refractivity contribution in [2.24, 2.45) is 11.8 Å². The van der Waals surface area contributed by atoms with Crippen molar-refractivity contribution in [3.8, 4) is 11.3 Å². The molecule has 174 valence electrons. The number of likely N-dealkylation sites (tertiary alicyclic amines) is 2. The van der Waals surface area contributed by atoms with Crippen molar-refractivity contribution in [2.75, 3.05) is 33.2 Å². The van der Waals surface area contributed by atoms with Crippen LogP contribution in [-0.2, 0) is 10.2 Å². The molecule has 5 nitrogen and oxygen atoms in total. The molecule has 3 aromatic rings. The maximum absolute atomic E-state index is 13.7. The Morgan fingerprint density at radius 3 is 2.42 bits per heavy atom. The molecule has 5 rings (SSSR count). The van der Waals surface area contributed by atoms with E-state index in [2.05, 4.69) is 84.8 Å². The molecule has 2 aromatic heterocycles. The van der Waals surface area contributed by atoms with Crippen molar-refractivity contribution < 1.29 is 4.79 Å². The van der Waals surface area contributed by atoms with Crippen LogP contribution in [0.5, 0.6) is 0 Å². The molecule has 0 spiro atoms. The Hall–Kier alpha value is -2.66. The van der Waals surface area contributed by atoms with Gasteiger partial charge in [-0.2, -0.15) is 0 Å². The van der Waals surface area contributed by atoms with Crippen LogP contribution in [0.25, 0.3) is 22.2 Å². The zero-order valence-corrected chi connectivity index (χ0v) is 20.8. The minimum atomic E-state index is -0.558. The molecule has 2 atom stereocenters. The molecule has 33 heavy (non-hydrogen) atoms. The van der Waals surface area contributed by atoms with Crippen molar-refractivity contribution in [1.82, 2.24) is 19.8 Å². The van der Waals surface area contributed by atoms with Crippen LogP contribution in [0.15, 0.2) is 36.5 Å². The molecule has 2 unspecified atom stereocenters. The van der Waals surface area contributed by atoms with Gasteiger partial charge in [-0.25, -0.2) is 0 Å². The zero-order valence-electron chi connectivity index (χ0n) is 20.8. The molecule has 2 fully saturated rings. The van der Waals surface area contributed by atoms with E-state index in [0.717, 1.165) is 54.2 Å². The van der Waals surface area contributed by atoms with E-state index in [9.17, 15) is 4.79 Å². The highest BCUT2D eigenvalue weighted by Gasteiger charge is 2.44. The Morgan fingerprint density at radius 1 is 1.09 bits per heavy atom. The number of amides is 1. The van der Waals surface area contributed by atoms with E-state index >= 15 is 0 Å². The predicted octanol–water partition coefficient (Wildman–Crippen LogP) is 4.96. The third-order valence-electron chi connectivity index (χ3n) is 7.81. The number of nitrogens with one attached hydrogen (secondary N) is 1. The Morgan fingerprint density at radius 2 is 1.79 bits per heavy atom. The van der Waals surface area contributed by atoms with Crippen molar-refractivity contribution in [3.63, 3.8) is 0 Å². The standard InChI is InChI=1S/C28H36N4O/c1-17(2)25-23-12-22(7-8-24(23)30-26(25)19-9-10-29-18(3)11-19)28(4,5)27(33)32-15-20-13-31(6)14-21(20)16-32/h7-12,17,20-21,30H,13-16H2,1-6H3. The molecule has 2 aliphatic rings. The molecule has 0 bridgehead atoms. The van der Waals surface area contributed by atoms with E-state index in [-0.39, 0.29) is 5.91 Å². The summed E-state index contributed by atoms with van der Waals surface area (Å²) in [4.78, 5) is 26.2. The Kier molecular flexibility index (Phi) is 5.36. The minimum Gasteiger partial charge on any atom is -0.354 e. The van der Waals surface area contributed by atoms with Gasteiger partial charge >= 0.3 is 0 Å². The second-order valence-electron chi connectivity index (χ2n) is 11.1. The number of carbonyl (C=O) groups excluding carboxylic acids is 1. The van der Waals surface area contributed by atoms with E-state index in [1.807, 2.05) is 13.1 Å². The van der Waals surface area contributed by atoms with Crippen molar-refractivity contribution in [1.29, 1.82) is 0 Å². The Bertz CT molecular complexity index is 1190. The first-order chi connectivity index (χ1) is 15.6. The van der Waals surface area contributed by atoms with Gasteiger partial charge in [0, 0.05) is 54.5 Å². The number of rotatable bonds is 4. The summed E-state index contributed by atoms with van der Waals surface area (Å²) < 4.78 is 0. The number of H-pyrrole nitrogens is 1. The van der Waals surface area contributed by atoms with Gasteiger partial charge in [0.05, 0.1) is 11.1 Å². The lowest BCUT2D eigenvalue weighted by Crippen LogP contribution is -2.43. The molecule has 0 aliphatic carbocycles. The summed E-state index contributed by atoms with van der Waals surface area (Å²) in [6.45, 7) is 14.7. The lowest BCUT2D eigenvalue weighted by Gasteiger charge is -2.31. The minimum absolute atomic E-state index is 0.255. The normalized spacial score (nSPS) is 21.4. The summed E-state index contributed by atoms with van der Waals surface area (Å²) in [7, 11) is 2.19. The number of aromatic nitrogens is 2. The second kappa shape index (κ2) is 7.98. The van der Waals surface area contributed by atoms with Crippen LogP contribution in [0.3, 0.4) is 0 Å². The number of aryl methyl sites for hydroxylation is 1. The molecule has 0 saturated carbocycles. The highest BCUT2D eigenvalue weighted by atomic mass is 16.2. The van der Waals surface area contributed by atoms with Crippen LogP contribution in [-0.4, -0.2) is 58.9 Å². The van der Waals surface area contributed by atoms with Gasteiger partial charge < -0.3 is 14.8 Å². The topological polar surface area (TPSA) is 52.2 Å². The summed E-state index contributed by atoms with van der Waals surface area (Å²) >= 11 is 0. The first-order valence-electron chi connectivity index (χ1n) is 12.2. The smallest absolute Gasteiger partial charge is 0.232 e. The van der Waals surface area contributed by atoms with Gasteiger partial charge in [0.1, 0.15) is 0 Å². The molecule has 4 heterocycles. The lowest BCUT2D eigenvalue weighted by atomic mass is 9.82. The summed E-state index contributed by atoms with van der Waals surface area (Å²) in [5.41, 5.74) is 6.28. The van der Waals surface area contributed by atoms with Gasteiger partial charge in [-0.3, -0.25) is 9.78 Å². The van der Waals surface area contributed by atoms with E-state index in [0.29, 0.717) is 17.8 Å². The number of fused-ring (bicyclic) bond motifs is 2. The fourth-order valence-corrected chi connectivity index (χ4v) is 6.04. The van der Waals surface area contributed by atoms with Crippen molar-refractivity contribution >= 4 is 16.8 Å². The number of hydrogen-bond acceptors (Lipinski definition) is 3. The van der Waals surface area contributed by atoms with Crippen LogP contribution in [0.2, 0.25) is 0 Å². The van der Waals surface area contributed by atoms with Gasteiger partial charge in [-0.05, 0) is 81.0 Å². The number of carbonyl (C=O) groups is 1. The molecule has 2 saturated heterocycles. The quantitative estimate of drug-likeness (QED) is 0.619. The molecular weight excluding hydrogens is 408 g/mol. The Labute approximate surface area is 197 Å². The molecule has 2 aliphatic heterocycles. The Balaban J connectivity index is 1.51. The van der Waals surface area contributed by atoms with Crippen LogP contribution >= 0.6 is 0 Å². The van der Waals surface area contributed by atoms with Gasteiger partial charge in [-0.1, -0.05) is 19.9 Å². The highest BCUT2D eigenvalue weighted by molar-refractivity contribution is 5.94. The SMILES string of the molecule is Cc1cc(-c2[nH]c3ccc(C(C)(C)C(=O)N4CC5CN(C)CC5C4)cc3c2C(C)C)ccn1. The maximum Gasteiger partial charge on any atom is 0.232 e. The fraction of sp³-hybridized carbons (Fsp3) is 0.500. The maximum atomic E-state index is 13.7. The summed E-state index contributed by atoms with van der Waals surface area (Å²) in [5, 5.41) is 1.22.